The number of carbonyl (C=O) groups is 2. The number of nitrogens with zero attached hydrogens (tertiary/aromatic N) is 2. The van der Waals surface area contributed by atoms with Gasteiger partial charge in [0, 0.05) is 17.5 Å². The molecule has 1 N–H and O–H groups in total. The lowest BCUT2D eigenvalue weighted by Gasteiger charge is -2.20. The molecule has 2 aromatic rings. The average Bonchev–Trinajstić information content (AvgIpc) is 3.19. The summed E-state index contributed by atoms with van der Waals surface area (Å²) in [6, 6.07) is 5.00. The highest BCUT2D eigenvalue weighted by Crippen LogP contribution is 2.32. The van der Waals surface area contributed by atoms with E-state index in [1.54, 1.807) is 18.2 Å². The van der Waals surface area contributed by atoms with E-state index in [9.17, 15) is 9.59 Å². The molecule has 1 aliphatic rings. The molecular weight excluding hydrogens is 330 g/mol. The molecule has 1 aromatic carbocycles. The quantitative estimate of drug-likeness (QED) is 0.897. The van der Waals surface area contributed by atoms with Crippen LogP contribution in [-0.4, -0.2) is 41.6 Å². The van der Waals surface area contributed by atoms with Gasteiger partial charge >= 0.3 is 0 Å². The number of aromatic nitrogens is 1. The van der Waals surface area contributed by atoms with E-state index in [-0.39, 0.29) is 25.2 Å². The largest absolute Gasteiger partial charge is 0.454 e. The molecule has 0 bridgehead atoms. The van der Waals surface area contributed by atoms with Crippen LogP contribution in [0.5, 0.6) is 11.5 Å². The minimum Gasteiger partial charge on any atom is -0.454 e. The van der Waals surface area contributed by atoms with Gasteiger partial charge < -0.3 is 19.7 Å². The van der Waals surface area contributed by atoms with Crippen LogP contribution in [0, 0.1) is 6.92 Å². The van der Waals surface area contributed by atoms with Gasteiger partial charge in [0.2, 0.25) is 12.7 Å². The van der Waals surface area contributed by atoms with Gasteiger partial charge in [-0.2, -0.15) is 0 Å². The van der Waals surface area contributed by atoms with E-state index < -0.39 is 0 Å². The number of aryl methyl sites for hydroxylation is 1. The zero-order valence-electron chi connectivity index (χ0n) is 13.4. The summed E-state index contributed by atoms with van der Waals surface area (Å²) in [7, 11) is 0. The van der Waals surface area contributed by atoms with Gasteiger partial charge in [-0.15, -0.1) is 11.3 Å². The topological polar surface area (TPSA) is 80.8 Å². The molecule has 24 heavy (non-hydrogen) atoms. The van der Waals surface area contributed by atoms with Gasteiger partial charge in [0.25, 0.3) is 5.91 Å². The van der Waals surface area contributed by atoms with Crippen molar-refractivity contribution in [1.29, 1.82) is 0 Å². The second kappa shape index (κ2) is 6.88. The van der Waals surface area contributed by atoms with Crippen molar-refractivity contribution in [3.8, 4) is 11.5 Å². The molecule has 0 spiro atoms. The molecular formula is C16H17N3O4S. The Morgan fingerprint density at radius 3 is 2.83 bits per heavy atom. The van der Waals surface area contributed by atoms with Gasteiger partial charge in [0.1, 0.15) is 6.54 Å². The van der Waals surface area contributed by atoms with Crippen molar-refractivity contribution in [2.45, 2.75) is 13.8 Å². The molecule has 0 fully saturated rings. The van der Waals surface area contributed by atoms with Gasteiger partial charge in [0.05, 0.1) is 5.69 Å². The van der Waals surface area contributed by atoms with E-state index in [1.165, 1.54) is 16.2 Å². The summed E-state index contributed by atoms with van der Waals surface area (Å²) in [6.45, 7) is 4.21. The smallest absolute Gasteiger partial charge is 0.254 e. The number of rotatable bonds is 5. The maximum Gasteiger partial charge on any atom is 0.254 e. The second-order valence-corrected chi connectivity index (χ2v) is 6.09. The molecule has 1 aromatic heterocycles. The molecule has 2 heterocycles. The molecule has 7 nitrogen and oxygen atoms in total. The molecule has 3 rings (SSSR count). The van der Waals surface area contributed by atoms with Crippen LogP contribution in [0.2, 0.25) is 0 Å². The third-order valence-corrected chi connectivity index (χ3v) is 4.36. The first kappa shape index (κ1) is 16.3. The fourth-order valence-corrected chi connectivity index (χ4v) is 2.99. The number of hydrogen-bond acceptors (Lipinski definition) is 6. The molecule has 0 atom stereocenters. The van der Waals surface area contributed by atoms with E-state index in [1.807, 2.05) is 19.2 Å². The third kappa shape index (κ3) is 3.48. The molecule has 0 radical (unpaired) electrons. The number of nitrogens with one attached hydrogen (secondary N) is 1. The molecule has 8 heteroatoms. The lowest BCUT2D eigenvalue weighted by atomic mass is 10.1. The number of thiazole rings is 1. The summed E-state index contributed by atoms with van der Waals surface area (Å²) >= 11 is 1.35. The zero-order chi connectivity index (χ0) is 17.1. The first-order valence-electron chi connectivity index (χ1n) is 7.47. The summed E-state index contributed by atoms with van der Waals surface area (Å²) in [5.74, 6) is 0.646. The number of ether oxygens (including phenoxy) is 2. The summed E-state index contributed by atoms with van der Waals surface area (Å²) in [6.07, 6.45) is 0. The lowest BCUT2D eigenvalue weighted by molar-refractivity contribution is -0.116. The molecule has 2 amide bonds. The monoisotopic (exact) mass is 347 g/mol. The minimum atomic E-state index is -0.278. The van der Waals surface area contributed by atoms with Crippen LogP contribution < -0.4 is 14.8 Å². The summed E-state index contributed by atoms with van der Waals surface area (Å²) < 4.78 is 10.5. The Kier molecular flexibility index (Phi) is 4.66. The summed E-state index contributed by atoms with van der Waals surface area (Å²) in [4.78, 5) is 30.4. The van der Waals surface area contributed by atoms with Crippen molar-refractivity contribution in [3.05, 3.63) is 34.8 Å². The first-order valence-corrected chi connectivity index (χ1v) is 8.35. The van der Waals surface area contributed by atoms with E-state index in [0.717, 1.165) is 5.69 Å². The molecule has 0 unspecified atom stereocenters. The van der Waals surface area contributed by atoms with Crippen LogP contribution in [0.3, 0.4) is 0 Å². The highest BCUT2D eigenvalue weighted by molar-refractivity contribution is 7.13. The number of carbonyl (C=O) groups excluding carboxylic acids is 2. The van der Waals surface area contributed by atoms with Crippen LogP contribution in [0.25, 0.3) is 0 Å². The van der Waals surface area contributed by atoms with Crippen LogP contribution >= 0.6 is 11.3 Å². The fourth-order valence-electron chi connectivity index (χ4n) is 2.28. The van der Waals surface area contributed by atoms with Gasteiger partial charge in [-0.3, -0.25) is 9.59 Å². The third-order valence-electron chi connectivity index (χ3n) is 3.49. The van der Waals surface area contributed by atoms with Crippen molar-refractivity contribution in [2.24, 2.45) is 0 Å². The van der Waals surface area contributed by atoms with E-state index >= 15 is 0 Å². The predicted octanol–water partition coefficient (Wildman–Crippen LogP) is 2.28. The Balaban J connectivity index is 1.66. The number of anilines is 1. The van der Waals surface area contributed by atoms with Crippen molar-refractivity contribution < 1.29 is 19.1 Å². The highest BCUT2D eigenvalue weighted by Gasteiger charge is 2.21. The molecule has 0 aliphatic carbocycles. The Morgan fingerprint density at radius 1 is 1.33 bits per heavy atom. The maximum atomic E-state index is 12.6. The number of benzene rings is 1. The molecule has 1 aliphatic heterocycles. The van der Waals surface area contributed by atoms with Crippen LogP contribution in [0.1, 0.15) is 23.0 Å². The Bertz CT molecular complexity index is 774. The van der Waals surface area contributed by atoms with Crippen molar-refractivity contribution in [1.82, 2.24) is 9.88 Å². The van der Waals surface area contributed by atoms with Crippen molar-refractivity contribution >= 4 is 28.3 Å². The minimum absolute atomic E-state index is 0.0393. The number of amides is 2. The molecule has 0 saturated carbocycles. The van der Waals surface area contributed by atoms with Gasteiger partial charge in [-0.1, -0.05) is 0 Å². The van der Waals surface area contributed by atoms with Gasteiger partial charge in [0.15, 0.2) is 16.6 Å². The van der Waals surface area contributed by atoms with Crippen molar-refractivity contribution in [3.63, 3.8) is 0 Å². The fraction of sp³-hybridized carbons (Fsp3) is 0.312. The normalized spacial score (nSPS) is 12.1. The highest BCUT2D eigenvalue weighted by atomic mass is 32.1. The maximum absolute atomic E-state index is 12.6. The predicted molar refractivity (Wildman–Crippen MR) is 89.6 cm³/mol. The Labute approximate surface area is 143 Å². The van der Waals surface area contributed by atoms with E-state index in [2.05, 4.69) is 10.3 Å². The van der Waals surface area contributed by atoms with E-state index in [0.29, 0.717) is 28.7 Å². The van der Waals surface area contributed by atoms with E-state index in [4.69, 9.17) is 9.47 Å². The number of likely N-dealkylation sites (N-methyl/N-ethyl adjacent to an activating group) is 1. The summed E-state index contributed by atoms with van der Waals surface area (Å²) in [5.41, 5.74) is 1.30. The number of fused-ring (bicyclic) bond motifs is 1. The SMILES string of the molecule is CCN(CC(=O)Nc1nc(C)cs1)C(=O)c1ccc2c(c1)OCO2. The Morgan fingerprint density at radius 2 is 2.12 bits per heavy atom. The first-order chi connectivity index (χ1) is 11.6. The zero-order valence-corrected chi connectivity index (χ0v) is 14.2. The van der Waals surface area contributed by atoms with Crippen LogP contribution in [0.4, 0.5) is 5.13 Å². The van der Waals surface area contributed by atoms with Crippen LogP contribution in [-0.2, 0) is 4.79 Å². The Hall–Kier alpha value is -2.61. The lowest BCUT2D eigenvalue weighted by Crippen LogP contribution is -2.37. The van der Waals surface area contributed by atoms with Gasteiger partial charge in [-0.25, -0.2) is 4.98 Å². The average molecular weight is 347 g/mol. The standard InChI is InChI=1S/C16H17N3O4S/c1-3-19(7-14(20)18-16-17-10(2)8-24-16)15(21)11-4-5-12-13(6-11)23-9-22-12/h4-6,8H,3,7,9H2,1-2H3,(H,17,18,20). The van der Waals surface area contributed by atoms with Crippen molar-refractivity contribution in [2.75, 3.05) is 25.2 Å². The number of hydrogen-bond donors (Lipinski definition) is 1. The van der Waals surface area contributed by atoms with Gasteiger partial charge in [-0.05, 0) is 32.0 Å². The second-order valence-electron chi connectivity index (χ2n) is 5.23. The van der Waals surface area contributed by atoms with Crippen LogP contribution in [0.15, 0.2) is 23.6 Å². The molecule has 126 valence electrons. The summed E-state index contributed by atoms with van der Waals surface area (Å²) in [5, 5.41) is 5.09. The molecule has 0 saturated heterocycles.